The van der Waals surface area contributed by atoms with E-state index in [1.165, 1.54) is 17.3 Å². The van der Waals surface area contributed by atoms with Gasteiger partial charge in [-0.25, -0.2) is 0 Å². The molecule has 3 aliphatic rings. The van der Waals surface area contributed by atoms with Gasteiger partial charge in [0.15, 0.2) is 0 Å². The van der Waals surface area contributed by atoms with Crippen molar-refractivity contribution in [1.82, 2.24) is 0 Å². The molecule has 0 radical (unpaired) electrons. The maximum Gasteiger partial charge on any atom is 0.0383 e. The van der Waals surface area contributed by atoms with E-state index in [9.17, 15) is 0 Å². The van der Waals surface area contributed by atoms with Gasteiger partial charge in [-0.2, -0.15) is 0 Å². The molecule has 0 N–H and O–H groups in total. The molecule has 0 bridgehead atoms. The van der Waals surface area contributed by atoms with E-state index in [1.807, 2.05) is 11.8 Å². The molecule has 2 unspecified atom stereocenters. The number of thioether (sulfide) groups is 1. The van der Waals surface area contributed by atoms with E-state index in [2.05, 4.69) is 61.2 Å². The largest absolute Gasteiger partial charge is 0.125 e. The van der Waals surface area contributed by atoms with Crippen LogP contribution in [0.25, 0.3) is 0 Å². The molecule has 0 aromatic carbocycles. The van der Waals surface area contributed by atoms with Gasteiger partial charge >= 0.3 is 0 Å². The highest BCUT2D eigenvalue weighted by Crippen LogP contribution is 2.56. The van der Waals surface area contributed by atoms with Gasteiger partial charge in [0.2, 0.25) is 0 Å². The highest BCUT2D eigenvalue weighted by Gasteiger charge is 2.44. The van der Waals surface area contributed by atoms with Crippen molar-refractivity contribution in [3.8, 4) is 0 Å². The molecule has 0 amide bonds. The van der Waals surface area contributed by atoms with Crippen molar-refractivity contribution in [2.45, 2.75) is 45.8 Å². The Bertz CT molecular complexity index is 479. The Morgan fingerprint density at radius 1 is 1.06 bits per heavy atom. The maximum atomic E-state index is 3.73. The predicted molar refractivity (Wildman–Crippen MR) is 84.8 cm³/mol. The van der Waals surface area contributed by atoms with Crippen LogP contribution in [0.5, 0.6) is 0 Å². The van der Waals surface area contributed by atoms with Crippen molar-refractivity contribution in [3.05, 3.63) is 33.2 Å². The Hall–Kier alpha value is 0.0500. The first-order chi connectivity index (χ1) is 8.31. The van der Waals surface area contributed by atoms with Gasteiger partial charge in [0.05, 0.1) is 0 Å². The van der Waals surface area contributed by atoms with Gasteiger partial charge in [-0.15, -0.1) is 11.8 Å². The van der Waals surface area contributed by atoms with Crippen molar-refractivity contribution in [3.63, 3.8) is 0 Å². The molecule has 0 nitrogen and oxygen atoms in total. The van der Waals surface area contributed by atoms with Crippen LogP contribution in [0.1, 0.15) is 40.5 Å². The molecule has 0 aromatic rings. The van der Waals surface area contributed by atoms with Crippen LogP contribution in [0.15, 0.2) is 33.2 Å². The quantitative estimate of drug-likeness (QED) is 0.553. The SMILES string of the molecule is CC1(C)CCC(C)(C)C2=CC3C(Br)=CSC3C=C21. The predicted octanol–water partition coefficient (Wildman–Crippen LogP) is 5.67. The molecule has 1 saturated carbocycles. The third-order valence-electron chi connectivity index (χ3n) is 4.81. The average molecular weight is 325 g/mol. The normalized spacial score (nSPS) is 36.2. The lowest BCUT2D eigenvalue weighted by Gasteiger charge is -2.47. The van der Waals surface area contributed by atoms with Crippen LogP contribution in [-0.2, 0) is 0 Å². The van der Waals surface area contributed by atoms with Crippen molar-refractivity contribution < 1.29 is 0 Å². The van der Waals surface area contributed by atoms with E-state index in [1.54, 1.807) is 11.1 Å². The molecular weight excluding hydrogens is 304 g/mol. The van der Waals surface area contributed by atoms with Crippen LogP contribution >= 0.6 is 27.7 Å². The van der Waals surface area contributed by atoms with Gasteiger partial charge in [-0.3, -0.25) is 0 Å². The van der Waals surface area contributed by atoms with Crippen LogP contribution in [-0.4, -0.2) is 5.25 Å². The van der Waals surface area contributed by atoms with Crippen LogP contribution in [0.2, 0.25) is 0 Å². The summed E-state index contributed by atoms with van der Waals surface area (Å²) in [5.41, 5.74) is 3.91. The highest BCUT2D eigenvalue weighted by molar-refractivity contribution is 9.11. The Morgan fingerprint density at radius 2 is 1.61 bits per heavy atom. The molecule has 0 aromatic heterocycles. The zero-order valence-corrected chi connectivity index (χ0v) is 14.0. The van der Waals surface area contributed by atoms with Crippen molar-refractivity contribution in [2.75, 3.05) is 0 Å². The minimum atomic E-state index is 0.340. The number of hydrogen-bond donors (Lipinski definition) is 0. The smallest absolute Gasteiger partial charge is 0.0383 e. The zero-order valence-electron chi connectivity index (χ0n) is 11.6. The van der Waals surface area contributed by atoms with E-state index < -0.39 is 0 Å². The lowest BCUT2D eigenvalue weighted by Crippen LogP contribution is -2.35. The topological polar surface area (TPSA) is 0 Å². The number of halogens is 1. The lowest BCUT2D eigenvalue weighted by atomic mass is 9.59. The van der Waals surface area contributed by atoms with Crippen LogP contribution in [0.4, 0.5) is 0 Å². The molecule has 0 spiro atoms. The Kier molecular flexibility index (Phi) is 2.92. The van der Waals surface area contributed by atoms with Gasteiger partial charge in [0, 0.05) is 15.7 Å². The van der Waals surface area contributed by atoms with Gasteiger partial charge in [-0.1, -0.05) is 55.8 Å². The van der Waals surface area contributed by atoms with E-state index in [4.69, 9.17) is 0 Å². The third-order valence-corrected chi connectivity index (χ3v) is 7.00. The second-order valence-corrected chi connectivity index (χ2v) is 9.03. The first-order valence-electron chi connectivity index (χ1n) is 6.77. The van der Waals surface area contributed by atoms with Gasteiger partial charge in [-0.05, 0) is 40.2 Å². The summed E-state index contributed by atoms with van der Waals surface area (Å²) >= 11 is 5.69. The molecule has 3 rings (SSSR count). The first kappa shape index (κ1) is 13.1. The molecular formula is C16H21BrS. The molecule has 1 aliphatic heterocycles. The molecule has 0 saturated heterocycles. The second-order valence-electron chi connectivity index (χ2n) is 7.06. The maximum absolute atomic E-state index is 3.73. The molecule has 2 aliphatic carbocycles. The fraction of sp³-hybridized carbons (Fsp3) is 0.625. The summed E-state index contributed by atoms with van der Waals surface area (Å²) in [6.07, 6.45) is 7.70. The summed E-state index contributed by atoms with van der Waals surface area (Å²) in [5, 5.41) is 2.90. The molecule has 1 fully saturated rings. The van der Waals surface area contributed by atoms with Crippen LogP contribution < -0.4 is 0 Å². The minimum absolute atomic E-state index is 0.340. The molecule has 1 heterocycles. The van der Waals surface area contributed by atoms with E-state index in [-0.39, 0.29) is 0 Å². The second kappa shape index (κ2) is 4.02. The summed E-state index contributed by atoms with van der Waals surface area (Å²) in [5.74, 6) is 0.571. The molecule has 98 valence electrons. The number of hydrogen-bond acceptors (Lipinski definition) is 1. The van der Waals surface area contributed by atoms with Crippen molar-refractivity contribution >= 4 is 27.7 Å². The van der Waals surface area contributed by atoms with Crippen LogP contribution in [0.3, 0.4) is 0 Å². The highest BCUT2D eigenvalue weighted by atomic mass is 79.9. The molecule has 18 heavy (non-hydrogen) atoms. The van der Waals surface area contributed by atoms with Gasteiger partial charge in [0.1, 0.15) is 0 Å². The summed E-state index contributed by atoms with van der Waals surface area (Å²) in [4.78, 5) is 0. The summed E-state index contributed by atoms with van der Waals surface area (Å²) in [6.45, 7) is 9.62. The fourth-order valence-corrected chi connectivity index (χ4v) is 5.35. The third kappa shape index (κ3) is 1.87. The van der Waals surface area contributed by atoms with E-state index >= 15 is 0 Å². The zero-order chi connectivity index (χ0) is 13.1. The Labute approximate surface area is 123 Å². The van der Waals surface area contributed by atoms with Gasteiger partial charge in [0.25, 0.3) is 0 Å². The summed E-state index contributed by atoms with van der Waals surface area (Å²) < 4.78 is 1.36. The Balaban J connectivity index is 2.09. The monoisotopic (exact) mass is 324 g/mol. The standard InChI is InChI=1S/C16H21BrS/c1-15(2)5-6-16(3,4)12-8-14-10(7-11(12)15)13(17)9-18-14/h7-10,14H,5-6H2,1-4H3. The number of fused-ring (bicyclic) bond motifs is 2. The van der Waals surface area contributed by atoms with E-state index in [0.29, 0.717) is 22.0 Å². The minimum Gasteiger partial charge on any atom is -0.125 e. The fourth-order valence-electron chi connectivity index (χ4n) is 3.38. The summed E-state index contributed by atoms with van der Waals surface area (Å²) in [6, 6.07) is 0. The molecule has 2 atom stereocenters. The average Bonchev–Trinajstić information content (AvgIpc) is 2.66. The Morgan fingerprint density at radius 3 is 2.22 bits per heavy atom. The van der Waals surface area contributed by atoms with Gasteiger partial charge < -0.3 is 0 Å². The number of allylic oxidation sites excluding steroid dienone is 4. The van der Waals surface area contributed by atoms with Crippen molar-refractivity contribution in [2.24, 2.45) is 16.7 Å². The lowest BCUT2D eigenvalue weighted by molar-refractivity contribution is 0.255. The van der Waals surface area contributed by atoms with Crippen molar-refractivity contribution in [1.29, 1.82) is 0 Å². The van der Waals surface area contributed by atoms with E-state index in [0.717, 1.165) is 0 Å². The first-order valence-corrected chi connectivity index (χ1v) is 8.51. The molecule has 2 heteroatoms. The number of rotatable bonds is 0. The summed E-state index contributed by atoms with van der Waals surface area (Å²) in [7, 11) is 0. The van der Waals surface area contributed by atoms with Crippen LogP contribution in [0, 0.1) is 16.7 Å².